The number of benzene rings is 1. The Labute approximate surface area is 156 Å². The van der Waals surface area contributed by atoms with Gasteiger partial charge < -0.3 is 5.32 Å². The van der Waals surface area contributed by atoms with Crippen molar-refractivity contribution in [1.29, 1.82) is 0 Å². The van der Waals surface area contributed by atoms with Gasteiger partial charge in [-0.15, -0.1) is 0 Å². The second-order valence-electron chi connectivity index (χ2n) is 7.01. The Kier molecular flexibility index (Phi) is 6.73. The van der Waals surface area contributed by atoms with Crippen LogP contribution < -0.4 is 5.32 Å². The molecule has 1 N–H and O–H groups in total. The highest BCUT2D eigenvalue weighted by Gasteiger charge is 2.25. The predicted molar refractivity (Wildman–Crippen MR) is 112 cm³/mol. The van der Waals surface area contributed by atoms with Crippen molar-refractivity contribution in [2.24, 2.45) is 4.99 Å². The van der Waals surface area contributed by atoms with Crippen molar-refractivity contribution in [3.05, 3.63) is 71.9 Å². The molecule has 138 valence electrons. The fraction of sp³-hybridized carbons (Fsp3) is 0.348. The molecule has 2 rings (SSSR count). The van der Waals surface area contributed by atoms with Gasteiger partial charge in [-0.2, -0.15) is 0 Å². The molecule has 3 heteroatoms. The third kappa shape index (κ3) is 4.60. The number of rotatable bonds is 7. The largest absolute Gasteiger partial charge is 0.338 e. The first-order valence-corrected chi connectivity index (χ1v) is 9.15. The summed E-state index contributed by atoms with van der Waals surface area (Å²) in [7, 11) is 0. The summed E-state index contributed by atoms with van der Waals surface area (Å²) in [6, 6.07) is 3.88. The zero-order chi connectivity index (χ0) is 19.3. The van der Waals surface area contributed by atoms with E-state index in [0.29, 0.717) is 23.0 Å². The fourth-order valence-electron chi connectivity index (χ4n) is 3.22. The van der Waals surface area contributed by atoms with Crippen LogP contribution >= 0.6 is 0 Å². The molecule has 1 aliphatic carbocycles. The van der Waals surface area contributed by atoms with Crippen molar-refractivity contribution in [3.63, 3.8) is 0 Å². The number of anilines is 1. The van der Waals surface area contributed by atoms with E-state index in [9.17, 15) is 0 Å². The highest BCUT2D eigenvalue weighted by atomic mass is 19.1. The van der Waals surface area contributed by atoms with Gasteiger partial charge in [-0.1, -0.05) is 49.4 Å². The van der Waals surface area contributed by atoms with Crippen LogP contribution in [0.5, 0.6) is 0 Å². The summed E-state index contributed by atoms with van der Waals surface area (Å²) < 4.78 is 15.3. The van der Waals surface area contributed by atoms with Gasteiger partial charge in [0.2, 0.25) is 0 Å². The molecule has 0 aliphatic heterocycles. The summed E-state index contributed by atoms with van der Waals surface area (Å²) in [5.74, 6) is 0.574. The van der Waals surface area contributed by atoms with E-state index >= 15 is 4.39 Å². The number of halogens is 1. The van der Waals surface area contributed by atoms with Crippen molar-refractivity contribution in [3.8, 4) is 0 Å². The zero-order valence-corrected chi connectivity index (χ0v) is 16.3. The molecule has 1 aliphatic rings. The maximum absolute atomic E-state index is 15.3. The molecule has 0 unspecified atom stereocenters. The van der Waals surface area contributed by atoms with Gasteiger partial charge in [0.1, 0.15) is 5.82 Å². The lowest BCUT2D eigenvalue weighted by Gasteiger charge is -2.29. The van der Waals surface area contributed by atoms with Gasteiger partial charge in [-0.3, -0.25) is 0 Å². The van der Waals surface area contributed by atoms with Gasteiger partial charge in [0.15, 0.2) is 5.82 Å². The van der Waals surface area contributed by atoms with Crippen molar-refractivity contribution < 1.29 is 4.39 Å². The van der Waals surface area contributed by atoms with E-state index < -0.39 is 0 Å². The Hall–Kier alpha value is -2.42. The number of hydrogen-bond acceptors (Lipinski definition) is 2. The van der Waals surface area contributed by atoms with Gasteiger partial charge in [0.25, 0.3) is 0 Å². The Balaban J connectivity index is 2.43. The third-order valence-electron chi connectivity index (χ3n) is 4.64. The second-order valence-corrected chi connectivity index (χ2v) is 7.01. The van der Waals surface area contributed by atoms with E-state index in [-0.39, 0.29) is 5.82 Å². The van der Waals surface area contributed by atoms with E-state index in [1.165, 1.54) is 6.42 Å². The molecule has 0 saturated heterocycles. The van der Waals surface area contributed by atoms with Gasteiger partial charge >= 0.3 is 0 Å². The highest BCUT2D eigenvalue weighted by Crippen LogP contribution is 2.42. The van der Waals surface area contributed by atoms with Crippen LogP contribution in [0.2, 0.25) is 0 Å². The second kappa shape index (κ2) is 8.79. The Bertz CT molecular complexity index is 789. The average molecular weight is 352 g/mol. The molecular formula is C23H29FN2. The first-order chi connectivity index (χ1) is 12.4. The molecule has 1 aromatic carbocycles. The summed E-state index contributed by atoms with van der Waals surface area (Å²) in [6.45, 7) is 15.6. The van der Waals surface area contributed by atoms with Gasteiger partial charge in [-0.05, 0) is 63.7 Å². The summed E-state index contributed by atoms with van der Waals surface area (Å²) in [5.41, 5.74) is 4.82. The smallest absolute Gasteiger partial charge is 0.154 e. The van der Waals surface area contributed by atoms with Crippen LogP contribution in [0.4, 0.5) is 10.1 Å². The maximum Gasteiger partial charge on any atom is 0.154 e. The van der Waals surface area contributed by atoms with Crippen molar-refractivity contribution in [1.82, 2.24) is 0 Å². The minimum absolute atomic E-state index is 0.265. The minimum Gasteiger partial charge on any atom is -0.338 e. The van der Waals surface area contributed by atoms with Gasteiger partial charge in [0, 0.05) is 11.3 Å². The lowest BCUT2D eigenvalue weighted by atomic mass is 9.78. The molecule has 1 aromatic rings. The van der Waals surface area contributed by atoms with E-state index in [1.54, 1.807) is 6.08 Å². The summed E-state index contributed by atoms with van der Waals surface area (Å²) in [6.07, 6.45) is 8.90. The molecule has 0 heterocycles. The summed E-state index contributed by atoms with van der Waals surface area (Å²) >= 11 is 0. The molecule has 1 saturated carbocycles. The topological polar surface area (TPSA) is 24.4 Å². The van der Waals surface area contributed by atoms with Crippen LogP contribution in [-0.4, -0.2) is 5.71 Å². The number of nitrogens with one attached hydrogen (secondary N) is 1. The van der Waals surface area contributed by atoms with E-state index in [2.05, 4.69) is 23.5 Å². The quantitative estimate of drug-likeness (QED) is 0.415. The maximum atomic E-state index is 15.3. The molecule has 2 nitrogen and oxygen atoms in total. The molecule has 26 heavy (non-hydrogen) atoms. The summed E-state index contributed by atoms with van der Waals surface area (Å²) in [4.78, 5) is 4.45. The minimum atomic E-state index is -0.265. The first kappa shape index (κ1) is 19.9. The Morgan fingerprint density at radius 1 is 1.27 bits per heavy atom. The molecule has 0 radical (unpaired) electrons. The molecular weight excluding hydrogens is 323 g/mol. The zero-order valence-electron chi connectivity index (χ0n) is 16.3. The molecule has 0 amide bonds. The molecule has 0 spiro atoms. The molecule has 0 atom stereocenters. The van der Waals surface area contributed by atoms with E-state index in [1.807, 2.05) is 52.0 Å². The third-order valence-corrected chi connectivity index (χ3v) is 4.64. The molecule has 0 aromatic heterocycles. The average Bonchev–Trinajstić information content (AvgIpc) is 2.51. The number of nitrogens with zero attached hydrogens (tertiary/aromatic N) is 1. The lowest BCUT2D eigenvalue weighted by Crippen LogP contribution is -2.14. The standard InChI is InChI=1S/C23H29FN2/c1-7-18(8-2)20-12-13-21(19-10-9-11-19)23(22(20)24)26-17(6)25-16(5)14-15(3)4/h7-8,12-14,19,26H,1,6,9-11H2,2-5H3/b18-8+,25-16-. The molecule has 1 fully saturated rings. The van der Waals surface area contributed by atoms with Crippen LogP contribution in [-0.2, 0) is 0 Å². The number of hydrogen-bond donors (Lipinski definition) is 1. The van der Waals surface area contributed by atoms with Gasteiger partial charge in [0.05, 0.1) is 5.69 Å². The fourth-order valence-corrected chi connectivity index (χ4v) is 3.22. The first-order valence-electron chi connectivity index (χ1n) is 9.15. The lowest BCUT2D eigenvalue weighted by molar-refractivity contribution is 0.419. The SMILES string of the molecule is C=C/C(=C\C)c1ccc(C2CCC2)c(NC(=C)/N=C(/C)C=C(C)C)c1F. The van der Waals surface area contributed by atoms with Crippen LogP contribution in [0.3, 0.4) is 0 Å². The van der Waals surface area contributed by atoms with Gasteiger partial charge in [-0.25, -0.2) is 9.38 Å². The normalized spacial score (nSPS) is 15.3. The monoisotopic (exact) mass is 352 g/mol. The Morgan fingerprint density at radius 2 is 1.96 bits per heavy atom. The van der Waals surface area contributed by atoms with Crippen molar-refractivity contribution >= 4 is 17.0 Å². The van der Waals surface area contributed by atoms with E-state index in [4.69, 9.17) is 0 Å². The van der Waals surface area contributed by atoms with Crippen LogP contribution in [0.15, 0.2) is 59.9 Å². The Morgan fingerprint density at radius 3 is 2.46 bits per heavy atom. The molecule has 0 bridgehead atoms. The predicted octanol–water partition coefficient (Wildman–Crippen LogP) is 6.99. The number of allylic oxidation sites excluding steroid dienone is 5. The summed E-state index contributed by atoms with van der Waals surface area (Å²) in [5, 5.41) is 3.13. The van der Waals surface area contributed by atoms with Crippen LogP contribution in [0.1, 0.15) is 64.0 Å². The van der Waals surface area contributed by atoms with Crippen LogP contribution in [0.25, 0.3) is 5.57 Å². The van der Waals surface area contributed by atoms with Crippen LogP contribution in [0, 0.1) is 5.82 Å². The highest BCUT2D eigenvalue weighted by molar-refractivity contribution is 5.94. The number of aliphatic imine (C=N–C) groups is 1. The van der Waals surface area contributed by atoms with Crippen molar-refractivity contribution in [2.75, 3.05) is 5.32 Å². The van der Waals surface area contributed by atoms with E-state index in [0.717, 1.165) is 35.3 Å². The van der Waals surface area contributed by atoms with Crippen molar-refractivity contribution in [2.45, 2.75) is 52.9 Å².